The smallest absolute Gasteiger partial charge is 0.265 e. The van der Waals surface area contributed by atoms with Crippen molar-refractivity contribution in [1.29, 1.82) is 0 Å². The van der Waals surface area contributed by atoms with Crippen LogP contribution in [0.1, 0.15) is 138 Å². The van der Waals surface area contributed by atoms with E-state index in [2.05, 4.69) is 17.2 Å². The zero-order valence-corrected chi connectivity index (χ0v) is 52.8. The zero-order chi connectivity index (χ0) is 63.3. The van der Waals surface area contributed by atoms with Crippen LogP contribution in [0.3, 0.4) is 0 Å². The van der Waals surface area contributed by atoms with Crippen molar-refractivity contribution >= 4 is 52.4 Å². The van der Waals surface area contributed by atoms with Crippen LogP contribution in [0.5, 0.6) is 11.8 Å². The Balaban J connectivity index is 0.000000165. The zero-order valence-electron chi connectivity index (χ0n) is 51.2. The molecule has 2 fully saturated rings. The monoisotopic (exact) mass is 1250 g/mol. The van der Waals surface area contributed by atoms with E-state index >= 15 is 9.59 Å². The molecule has 90 heavy (non-hydrogen) atoms. The van der Waals surface area contributed by atoms with Crippen molar-refractivity contribution in [2.75, 3.05) is 28.2 Å². The number of benzene rings is 6. The molecule has 16 nitrogen and oxygen atoms in total. The minimum Gasteiger partial charge on any atom is -0.470 e. The summed E-state index contributed by atoms with van der Waals surface area (Å²) in [7, 11) is 7.30. The molecule has 18 heteroatoms. The molecule has 6 aliphatic rings. The number of thioether (sulfide) groups is 2. The number of ketones is 5. The number of rotatable bonds is 12. The highest BCUT2D eigenvalue weighted by molar-refractivity contribution is 8.02. The maximum Gasteiger partial charge on any atom is 0.265 e. The predicted molar refractivity (Wildman–Crippen MR) is 338 cm³/mol. The lowest BCUT2D eigenvalue weighted by Crippen LogP contribution is -2.73. The van der Waals surface area contributed by atoms with E-state index in [0.717, 1.165) is 50.0 Å². The van der Waals surface area contributed by atoms with E-state index < -0.39 is 85.7 Å². The van der Waals surface area contributed by atoms with Gasteiger partial charge in [-0.1, -0.05) is 147 Å². The van der Waals surface area contributed by atoms with Gasteiger partial charge in [-0.3, -0.25) is 33.8 Å². The van der Waals surface area contributed by atoms with Gasteiger partial charge in [-0.2, -0.15) is 0 Å². The standard InChI is InChI=1S/C36H36N2O6S.C36H34N2O6S/c2*1-20-12-11-17-24-21(2)25-18-26-29(38(3)4)30-28(33(37-44-30)43-19-22-13-7-5-8-14-22)31(39)35(26,42)34(41)36(25,32(40)27(20)24)45-23-15-9-6-10-16-23/h5-17,21,25-26,29,32,40,42H,18-19H2,1-4H3;5-17,21,25-26,29,42H,18-19H2,1-4H3/t21-,25-,26-,29-,32+,35+,36+;21-,25-,26-,29-,35+,36+/m00/s1. The third-order valence-electron chi connectivity index (χ3n) is 20.1. The molecule has 0 aliphatic heterocycles. The maximum atomic E-state index is 15.4. The number of fused-ring (bicyclic) bond motifs is 8. The lowest BCUT2D eigenvalue weighted by atomic mass is 9.51. The third kappa shape index (κ3) is 9.17. The Labute approximate surface area is 530 Å². The Kier molecular flexibility index (Phi) is 15.7. The second-order valence-electron chi connectivity index (χ2n) is 25.4. The molecule has 0 spiro atoms. The van der Waals surface area contributed by atoms with Gasteiger partial charge in [0.15, 0.2) is 40.1 Å². The summed E-state index contributed by atoms with van der Waals surface area (Å²) in [5.74, 6) is -6.06. The van der Waals surface area contributed by atoms with E-state index in [4.69, 9.17) is 18.5 Å². The molecule has 2 heterocycles. The highest BCUT2D eigenvalue weighted by Gasteiger charge is 2.76. The Morgan fingerprint density at radius 1 is 0.511 bits per heavy atom. The maximum absolute atomic E-state index is 15.4. The minimum absolute atomic E-state index is 0.0232. The lowest BCUT2D eigenvalue weighted by molar-refractivity contribution is -0.160. The van der Waals surface area contributed by atoms with Crippen molar-refractivity contribution in [3.63, 3.8) is 0 Å². The molecule has 0 bridgehead atoms. The predicted octanol–water partition coefficient (Wildman–Crippen LogP) is 11.5. The molecule has 0 unspecified atom stereocenters. The van der Waals surface area contributed by atoms with Gasteiger partial charge in [-0.15, -0.1) is 23.5 Å². The van der Waals surface area contributed by atoms with E-state index in [1.807, 2.05) is 216 Å². The minimum atomic E-state index is -2.52. The van der Waals surface area contributed by atoms with Crippen LogP contribution < -0.4 is 9.47 Å². The number of nitrogens with zero attached hydrogens (tertiary/aromatic N) is 4. The number of aryl methyl sites for hydroxylation is 2. The van der Waals surface area contributed by atoms with Crippen molar-refractivity contribution < 1.29 is 57.8 Å². The van der Waals surface area contributed by atoms with Crippen LogP contribution in [-0.4, -0.2) is 113 Å². The Bertz CT molecular complexity index is 4120. The van der Waals surface area contributed by atoms with Crippen molar-refractivity contribution in [1.82, 2.24) is 20.1 Å². The highest BCUT2D eigenvalue weighted by atomic mass is 32.2. The summed E-state index contributed by atoms with van der Waals surface area (Å²) in [6.45, 7) is 8.14. The molecule has 0 amide bonds. The van der Waals surface area contributed by atoms with Crippen LogP contribution in [-0.2, 0) is 22.8 Å². The number of aliphatic hydroxyl groups is 3. The van der Waals surface area contributed by atoms with Gasteiger partial charge < -0.3 is 33.8 Å². The van der Waals surface area contributed by atoms with Gasteiger partial charge in [0.25, 0.3) is 11.8 Å². The molecular weight excluding hydrogens is 1180 g/mol. The molecule has 13 atom stereocenters. The van der Waals surface area contributed by atoms with Gasteiger partial charge >= 0.3 is 0 Å². The second kappa shape index (κ2) is 23.1. The number of hydrogen-bond donors (Lipinski definition) is 3. The fourth-order valence-corrected chi connectivity index (χ4v) is 19.0. The molecule has 0 radical (unpaired) electrons. The summed E-state index contributed by atoms with van der Waals surface area (Å²) in [5.41, 5.74) is 1.32. The van der Waals surface area contributed by atoms with Crippen LogP contribution in [0, 0.1) is 37.5 Å². The Morgan fingerprint density at radius 2 is 0.944 bits per heavy atom. The topological polar surface area (TPSA) is 223 Å². The number of aromatic nitrogens is 2. The summed E-state index contributed by atoms with van der Waals surface area (Å²) < 4.78 is 20.3. The first-order valence-electron chi connectivity index (χ1n) is 30.4. The number of carbonyl (C=O) groups is 5. The highest BCUT2D eigenvalue weighted by Crippen LogP contribution is 2.67. The first kappa shape index (κ1) is 61.1. The van der Waals surface area contributed by atoms with Crippen molar-refractivity contribution in [2.24, 2.45) is 23.7 Å². The van der Waals surface area contributed by atoms with Crippen molar-refractivity contribution in [3.05, 3.63) is 225 Å². The van der Waals surface area contributed by atoms with Crippen LogP contribution >= 0.6 is 23.5 Å². The number of ether oxygens (including phenoxy) is 2. The van der Waals surface area contributed by atoms with Crippen LogP contribution in [0.4, 0.5) is 0 Å². The van der Waals surface area contributed by atoms with E-state index in [9.17, 15) is 29.7 Å². The number of hydrogen-bond acceptors (Lipinski definition) is 18. The van der Waals surface area contributed by atoms with Gasteiger partial charge in [-0.05, 0) is 152 Å². The van der Waals surface area contributed by atoms with Crippen molar-refractivity contribution in [3.8, 4) is 11.8 Å². The third-order valence-corrected chi connectivity index (χ3v) is 23.1. The first-order valence-corrected chi connectivity index (χ1v) is 32.0. The molecule has 2 saturated carbocycles. The van der Waals surface area contributed by atoms with E-state index in [0.29, 0.717) is 22.4 Å². The van der Waals surface area contributed by atoms with Gasteiger partial charge in [0.2, 0.25) is 11.6 Å². The molecule has 6 aromatic carbocycles. The largest absolute Gasteiger partial charge is 0.470 e. The Hall–Kier alpha value is -7.81. The molecule has 3 N–H and O–H groups in total. The van der Waals surface area contributed by atoms with E-state index in [1.54, 1.807) is 0 Å². The summed E-state index contributed by atoms with van der Waals surface area (Å²) >= 11 is 2.41. The van der Waals surface area contributed by atoms with E-state index in [1.165, 1.54) is 11.8 Å². The van der Waals surface area contributed by atoms with Crippen LogP contribution in [0.25, 0.3) is 0 Å². The van der Waals surface area contributed by atoms with Crippen LogP contribution in [0.2, 0.25) is 0 Å². The summed E-state index contributed by atoms with van der Waals surface area (Å²) in [6, 6.07) is 47.9. The normalized spacial score (nSPS) is 29.5. The second-order valence-corrected chi connectivity index (χ2v) is 28.0. The first-order chi connectivity index (χ1) is 43.2. The average Bonchev–Trinajstić information content (AvgIpc) is 0.934. The number of Topliss-reactive ketones (excluding diaryl/α,β-unsaturated/α-hetero) is 5. The molecule has 2 aromatic heterocycles. The summed E-state index contributed by atoms with van der Waals surface area (Å²) in [6.07, 6.45) is -0.735. The van der Waals surface area contributed by atoms with Crippen molar-refractivity contribution in [2.45, 2.75) is 114 Å². The van der Waals surface area contributed by atoms with Crippen LogP contribution in [0.15, 0.2) is 177 Å². The van der Waals surface area contributed by atoms with Gasteiger partial charge in [0.1, 0.15) is 39.9 Å². The quantitative estimate of drug-likeness (QED) is 0.0967. The van der Waals surface area contributed by atoms with E-state index in [-0.39, 0.29) is 71.7 Å². The fraction of sp³-hybridized carbons (Fsp3) is 0.347. The summed E-state index contributed by atoms with van der Waals surface area (Å²) in [4.78, 5) is 80.0. The molecular formula is C72H70N4O12S2. The number of aliphatic hydroxyl groups excluding tert-OH is 1. The molecule has 6 aliphatic carbocycles. The molecule has 462 valence electrons. The Morgan fingerprint density at radius 3 is 1.44 bits per heavy atom. The molecule has 14 rings (SSSR count). The average molecular weight is 1250 g/mol. The van der Waals surface area contributed by atoms with Gasteiger partial charge in [0.05, 0.1) is 12.1 Å². The molecule has 0 saturated heterocycles. The fourth-order valence-electron chi connectivity index (χ4n) is 15.8. The molecule has 8 aromatic rings. The number of carbonyl (C=O) groups excluding carboxylic acids is 5. The SMILES string of the molecule is Cc1cccc2c1C(=O)[C@@]1(Sc3ccccc3)C(=O)[C@]3(O)C(=O)c4c(OCc5ccccc5)noc4[C@@H](N(C)C)[C@@H]3C[C@H]1[C@H]2C.Cc1cccc2c1[C@@H](O)[C@@]1(Sc3ccccc3)C(=O)[C@]3(O)C(=O)c4c(OCc5ccccc5)noc4[C@@H](N(C)C)[C@@H]3C[C@H]1[C@H]2C. The van der Waals surface area contributed by atoms with Gasteiger partial charge in [0, 0.05) is 27.2 Å². The lowest BCUT2D eigenvalue weighted by Gasteiger charge is -2.59. The summed E-state index contributed by atoms with van der Waals surface area (Å²) in [5, 5.41) is 46.1. The van der Waals surface area contributed by atoms with Gasteiger partial charge in [-0.25, -0.2) is 0 Å².